The number of nitrogens with zero attached hydrogens (tertiary/aromatic N) is 4. The number of aryl methyl sites for hydroxylation is 4. The van der Waals surface area contributed by atoms with Crippen LogP contribution in [0.3, 0.4) is 0 Å². The predicted octanol–water partition coefficient (Wildman–Crippen LogP) is 1.55. The van der Waals surface area contributed by atoms with Crippen molar-refractivity contribution in [3.05, 3.63) is 280 Å². The summed E-state index contributed by atoms with van der Waals surface area (Å²) in [5.41, 5.74) is 0. The number of alkyl halides is 4. The van der Waals surface area contributed by atoms with Crippen molar-refractivity contribution in [3.63, 3.8) is 0 Å². The molecule has 2 heterocycles. The molecule has 0 amide bonds. The predicted molar refractivity (Wildman–Crippen MR) is 327 cm³/mol. The molecule has 0 N–H and O–H groups in total. The van der Waals surface area contributed by atoms with E-state index in [4.69, 9.17) is 46.4 Å². The third kappa shape index (κ3) is 31.3. The second kappa shape index (κ2) is 49.8. The zero-order chi connectivity index (χ0) is 52.3. The van der Waals surface area contributed by atoms with Gasteiger partial charge in [-0.15, -0.1) is 69.9 Å². The number of aromatic nitrogens is 4. The molecule has 4 nitrogen and oxygen atoms in total. The van der Waals surface area contributed by atoms with E-state index in [-0.39, 0.29) is 101 Å². The summed E-state index contributed by atoms with van der Waals surface area (Å²) in [5, 5.41) is 8.78. The van der Waals surface area contributed by atoms with Crippen LogP contribution in [0.25, 0.3) is 0 Å². The summed E-state index contributed by atoms with van der Waals surface area (Å²) < 4.78 is 8.03. The first kappa shape index (κ1) is 79.5. The minimum atomic E-state index is -0.446. The molecule has 0 bridgehead atoms. The number of imidazole rings is 2. The number of rotatable bonds is 14. The van der Waals surface area contributed by atoms with Gasteiger partial charge in [0.15, 0.2) is 0 Å². The largest absolute Gasteiger partial charge is 2.00 e. The Balaban J connectivity index is 0. The van der Waals surface area contributed by atoms with Gasteiger partial charge in [-0.05, 0) is 96.7 Å². The van der Waals surface area contributed by atoms with E-state index in [1.807, 2.05) is 83.7 Å². The van der Waals surface area contributed by atoms with Crippen molar-refractivity contribution >= 4 is 118 Å². The van der Waals surface area contributed by atoms with Crippen molar-refractivity contribution in [1.82, 2.24) is 9.13 Å². The van der Waals surface area contributed by atoms with Crippen LogP contribution in [0.2, 0.25) is 0 Å². The van der Waals surface area contributed by atoms with Crippen LogP contribution in [0.15, 0.2) is 277 Å². The van der Waals surface area contributed by atoms with Crippen molar-refractivity contribution in [2.75, 3.05) is 22.2 Å². The Morgan fingerprint density at radius 1 is 0.350 bits per heavy atom. The van der Waals surface area contributed by atoms with Crippen LogP contribution in [0.1, 0.15) is 0 Å². The molecule has 0 unspecified atom stereocenters. The Bertz CT molecular complexity index is 2550. The summed E-state index contributed by atoms with van der Waals surface area (Å²) in [6, 6.07) is 85.6. The molecule has 80 heavy (non-hydrogen) atoms. The maximum atomic E-state index is 4.76. The van der Waals surface area contributed by atoms with Gasteiger partial charge in [0.1, 0.15) is 0 Å². The fourth-order valence-corrected chi connectivity index (χ4v) is 13.4. The molecule has 10 rings (SSSR count). The Morgan fingerprint density at radius 3 is 0.713 bits per heavy atom. The fourth-order valence-electron chi connectivity index (χ4n) is 7.06. The second-order valence-electron chi connectivity index (χ2n) is 15.6. The molecule has 0 aliphatic carbocycles. The third-order valence-electron chi connectivity index (χ3n) is 10.3. The average Bonchev–Trinajstić information content (AvgIpc) is 4.08. The van der Waals surface area contributed by atoms with Gasteiger partial charge in [-0.2, -0.15) is 0 Å². The number of thioether (sulfide) groups is 2. The van der Waals surface area contributed by atoms with Gasteiger partial charge in [0.05, 0.1) is 37.9 Å². The van der Waals surface area contributed by atoms with Gasteiger partial charge in [0.25, 0.3) is 0 Å². The molecule has 8 aromatic carbocycles. The van der Waals surface area contributed by atoms with Crippen molar-refractivity contribution in [3.8, 4) is 0 Å². The minimum Gasteiger partial charge on any atom is -1.00 e. The van der Waals surface area contributed by atoms with E-state index in [1.54, 1.807) is 0 Å². The number of benzene rings is 8. The van der Waals surface area contributed by atoms with Crippen LogP contribution in [0.5, 0.6) is 0 Å². The van der Waals surface area contributed by atoms with Crippen LogP contribution < -0.4 is 90.6 Å². The molecule has 0 saturated heterocycles. The van der Waals surface area contributed by atoms with Crippen LogP contribution >= 0.6 is 85.8 Å². The van der Waals surface area contributed by atoms with Gasteiger partial charge in [0.2, 0.25) is 12.7 Å². The van der Waals surface area contributed by atoms with Crippen LogP contribution in [0.4, 0.5) is 0 Å². The first-order valence-electron chi connectivity index (χ1n) is 23.8. The van der Waals surface area contributed by atoms with E-state index in [2.05, 4.69) is 252 Å². The first-order valence-corrected chi connectivity index (χ1v) is 30.6. The maximum Gasteiger partial charge on any atom is 2.00 e. The first-order chi connectivity index (χ1) is 36.4. The maximum absolute atomic E-state index is 4.76. The molecule has 0 aliphatic heterocycles. The fraction of sp³-hybridized carbons (Fsp3) is 0.129. The monoisotopic (exact) mass is 1480 g/mol. The molecule has 0 fully saturated rings. The number of hydrogen-bond acceptors (Lipinski definition) is 2. The molecule has 0 atom stereocenters. The summed E-state index contributed by atoms with van der Waals surface area (Å²) in [7, 11) is 3.08. The Labute approximate surface area is 559 Å². The molecular weight excluding hydrogens is 1420 g/mol. The Hall–Kier alpha value is -2.62. The molecule has 0 saturated carbocycles. The molecule has 428 valence electrons. The molecule has 0 aliphatic rings. The van der Waals surface area contributed by atoms with E-state index in [0.29, 0.717) is 0 Å². The summed E-state index contributed by atoms with van der Waals surface area (Å²) >= 11 is 22.8. The minimum absolute atomic E-state index is 0. The molecule has 0 spiro atoms. The summed E-state index contributed by atoms with van der Waals surface area (Å²) in [6.07, 6.45) is 14.5. The van der Waals surface area contributed by atoms with E-state index in [1.165, 1.54) is 41.6 Å². The molecular formula is C62H62Cl8N4P2Pd2S2. The molecule has 0 radical (unpaired) electrons. The van der Waals surface area contributed by atoms with E-state index in [9.17, 15) is 0 Å². The molecule has 18 heteroatoms. The van der Waals surface area contributed by atoms with Gasteiger partial charge < -0.3 is 67.9 Å². The zero-order valence-electron chi connectivity index (χ0n) is 43.8. The van der Waals surface area contributed by atoms with Crippen molar-refractivity contribution < 1.29 is 99.6 Å². The Morgan fingerprint density at radius 2 is 0.537 bits per heavy atom. The van der Waals surface area contributed by atoms with E-state index >= 15 is 0 Å². The van der Waals surface area contributed by atoms with E-state index < -0.39 is 15.8 Å². The smallest absolute Gasteiger partial charge is 1.00 e. The topological polar surface area (TPSA) is 17.6 Å². The van der Waals surface area contributed by atoms with Gasteiger partial charge in [0, 0.05) is 21.3 Å². The van der Waals surface area contributed by atoms with Gasteiger partial charge >= 0.3 is 40.8 Å². The normalized spacial score (nSPS) is 9.40. The van der Waals surface area contributed by atoms with Crippen molar-refractivity contribution in [1.29, 1.82) is 0 Å². The van der Waals surface area contributed by atoms with Crippen LogP contribution in [-0.2, 0) is 68.0 Å². The third-order valence-corrected chi connectivity index (χ3v) is 17.2. The average molecular weight is 1490 g/mol. The van der Waals surface area contributed by atoms with Crippen molar-refractivity contribution in [2.45, 2.75) is 22.9 Å². The quantitative estimate of drug-likeness (QED) is 0.0412. The molecule has 2 aromatic heterocycles. The number of hydrogen-bond donors (Lipinski definition) is 0. The second-order valence-corrected chi connectivity index (χ2v) is 24.0. The Kier molecular flexibility index (Phi) is 49.4. The summed E-state index contributed by atoms with van der Waals surface area (Å²) in [4.78, 5) is 2.66. The van der Waals surface area contributed by atoms with E-state index in [0.717, 1.165) is 24.6 Å². The summed E-state index contributed by atoms with van der Waals surface area (Å²) in [5.74, 6) is 2.16. The summed E-state index contributed by atoms with van der Waals surface area (Å²) in [6.45, 7) is 2.00. The van der Waals surface area contributed by atoms with Crippen LogP contribution in [-0.4, -0.2) is 31.3 Å². The van der Waals surface area contributed by atoms with Gasteiger partial charge in [-0.25, -0.2) is 0 Å². The van der Waals surface area contributed by atoms with Crippen LogP contribution in [0, 0.1) is 12.7 Å². The van der Waals surface area contributed by atoms with Gasteiger partial charge in [-0.3, -0.25) is 0 Å². The SMILES string of the molecule is C[n+]1[c-]n(CCSc2ccccc2)cc1.C[n+]1[c-]n(CCSc2ccccc2)cc1.ClCCl.ClCCl.[Cl-].[Cl-].[Cl-].[Cl-].[Pd+2].[Pd+2].c1ccc(P(c2ccccc2)c2ccccc2)cc1.c1ccc(P(c2ccccc2)c2ccccc2)cc1. The van der Waals surface area contributed by atoms with Gasteiger partial charge in [-0.1, -0.05) is 218 Å². The van der Waals surface area contributed by atoms with Crippen molar-refractivity contribution in [2.24, 2.45) is 14.1 Å². The zero-order valence-corrected chi connectivity index (χ0v) is 56.4. The number of halogens is 8. The molecule has 10 aromatic rings. The standard InChI is InChI=1S/2C18H15P.2C12H14N2S.2CH2Cl2.4ClH.2Pd/c2*1-4-10-16(11-5-1)19(17-12-6-2-7-13-17)18-14-8-3-9-15-18;2*1-13-7-8-14(11-13)9-10-15-12-5-3-2-4-6-12;2*2-1-3;;;;;;/h2*1-15H;2*2-8H,9-10H2,1H3;2*1H2;4*1H;;/q;;;;;;;;;;2*+2/p-4.